The number of nitrogens with two attached hydrogens (primary N) is 1. The molecule has 1 unspecified atom stereocenters. The van der Waals surface area contributed by atoms with Gasteiger partial charge in [0, 0.05) is 18.6 Å². The fourth-order valence-electron chi connectivity index (χ4n) is 3.47. The molecule has 1 aromatic carbocycles. The van der Waals surface area contributed by atoms with Gasteiger partial charge in [-0.1, -0.05) is 31.9 Å². The average molecular weight is 290 g/mol. The van der Waals surface area contributed by atoms with Crippen LogP contribution in [0.3, 0.4) is 0 Å². The zero-order valence-electron chi connectivity index (χ0n) is 13.7. The summed E-state index contributed by atoms with van der Waals surface area (Å²) in [5, 5.41) is 0. The second-order valence-electron chi connectivity index (χ2n) is 6.26. The Morgan fingerprint density at radius 2 is 1.81 bits per heavy atom. The predicted octanol–water partition coefficient (Wildman–Crippen LogP) is 3.74. The summed E-state index contributed by atoms with van der Waals surface area (Å²) in [7, 11) is 0. The molecule has 0 spiro atoms. The molecule has 2 rings (SSSR count). The van der Waals surface area contributed by atoms with Crippen LogP contribution in [0.5, 0.6) is 5.75 Å². The van der Waals surface area contributed by atoms with Gasteiger partial charge in [0.2, 0.25) is 0 Å². The van der Waals surface area contributed by atoms with Crippen LogP contribution < -0.4 is 10.5 Å². The first-order valence-electron chi connectivity index (χ1n) is 8.38. The molecule has 118 valence electrons. The third-order valence-corrected chi connectivity index (χ3v) is 4.42. The van der Waals surface area contributed by atoms with Gasteiger partial charge >= 0.3 is 0 Å². The van der Waals surface area contributed by atoms with Crippen molar-refractivity contribution in [3.63, 3.8) is 0 Å². The van der Waals surface area contributed by atoms with Crippen molar-refractivity contribution in [2.75, 3.05) is 13.1 Å². The first-order valence-corrected chi connectivity index (χ1v) is 8.38. The Kier molecular flexibility index (Phi) is 6.07. The predicted molar refractivity (Wildman–Crippen MR) is 88.6 cm³/mol. The molecule has 1 aliphatic carbocycles. The fourth-order valence-corrected chi connectivity index (χ4v) is 3.47. The highest BCUT2D eigenvalue weighted by atomic mass is 16.5. The van der Waals surface area contributed by atoms with Crippen molar-refractivity contribution in [2.24, 2.45) is 5.73 Å². The Balaban J connectivity index is 2.11. The van der Waals surface area contributed by atoms with Crippen LogP contribution in [0.25, 0.3) is 0 Å². The molecular weight excluding hydrogens is 260 g/mol. The number of ether oxygens (including phenoxy) is 1. The fraction of sp³-hybridized carbons (Fsp3) is 0.667. The van der Waals surface area contributed by atoms with Crippen molar-refractivity contribution >= 4 is 0 Å². The Labute approximate surface area is 129 Å². The molecule has 2 N–H and O–H groups in total. The van der Waals surface area contributed by atoms with Crippen LogP contribution in [-0.2, 0) is 0 Å². The zero-order valence-corrected chi connectivity index (χ0v) is 13.7. The van der Waals surface area contributed by atoms with E-state index >= 15 is 0 Å². The number of hydrogen-bond donors (Lipinski definition) is 1. The third kappa shape index (κ3) is 4.21. The van der Waals surface area contributed by atoms with Gasteiger partial charge < -0.3 is 10.5 Å². The van der Waals surface area contributed by atoms with Crippen molar-refractivity contribution in [3.8, 4) is 5.75 Å². The van der Waals surface area contributed by atoms with Gasteiger partial charge in [-0.05, 0) is 50.9 Å². The van der Waals surface area contributed by atoms with E-state index in [-0.39, 0.29) is 6.10 Å². The van der Waals surface area contributed by atoms with E-state index in [4.69, 9.17) is 10.5 Å². The molecule has 0 amide bonds. The van der Waals surface area contributed by atoms with Crippen molar-refractivity contribution in [1.82, 2.24) is 4.90 Å². The quantitative estimate of drug-likeness (QED) is 0.831. The van der Waals surface area contributed by atoms with E-state index in [1.165, 1.54) is 31.2 Å². The average Bonchev–Trinajstić information content (AvgIpc) is 2.99. The van der Waals surface area contributed by atoms with E-state index in [1.54, 1.807) is 0 Å². The highest BCUT2D eigenvalue weighted by Gasteiger charge is 2.27. The van der Waals surface area contributed by atoms with Gasteiger partial charge in [-0.15, -0.1) is 0 Å². The van der Waals surface area contributed by atoms with Crippen LogP contribution in [0.2, 0.25) is 0 Å². The summed E-state index contributed by atoms with van der Waals surface area (Å²) in [6, 6.07) is 9.52. The van der Waals surface area contributed by atoms with E-state index in [0.29, 0.717) is 18.6 Å². The van der Waals surface area contributed by atoms with Crippen LogP contribution in [-0.4, -0.2) is 30.1 Å². The van der Waals surface area contributed by atoms with Gasteiger partial charge in [0.1, 0.15) is 5.75 Å². The largest absolute Gasteiger partial charge is 0.491 e. The zero-order chi connectivity index (χ0) is 15.2. The van der Waals surface area contributed by atoms with E-state index in [2.05, 4.69) is 49.9 Å². The highest BCUT2D eigenvalue weighted by Crippen LogP contribution is 2.31. The second kappa shape index (κ2) is 7.81. The molecule has 0 bridgehead atoms. The second-order valence-corrected chi connectivity index (χ2v) is 6.26. The maximum atomic E-state index is 6.09. The summed E-state index contributed by atoms with van der Waals surface area (Å²) < 4.78 is 5.72. The lowest BCUT2D eigenvalue weighted by molar-refractivity contribution is 0.147. The first kappa shape index (κ1) is 16.3. The van der Waals surface area contributed by atoms with Gasteiger partial charge in [-0.25, -0.2) is 0 Å². The van der Waals surface area contributed by atoms with Gasteiger partial charge in [-0.2, -0.15) is 0 Å². The van der Waals surface area contributed by atoms with Crippen LogP contribution in [0.15, 0.2) is 24.3 Å². The molecule has 1 atom stereocenters. The molecule has 1 aliphatic rings. The summed E-state index contributed by atoms with van der Waals surface area (Å²) >= 11 is 0. The number of likely N-dealkylation sites (N-methyl/N-ethyl adjacent to an activating group) is 1. The Morgan fingerprint density at radius 3 is 2.29 bits per heavy atom. The van der Waals surface area contributed by atoms with Gasteiger partial charge in [0.05, 0.1) is 6.10 Å². The lowest BCUT2D eigenvalue weighted by Gasteiger charge is -2.35. The minimum atomic E-state index is 0.215. The maximum Gasteiger partial charge on any atom is 0.119 e. The molecule has 21 heavy (non-hydrogen) atoms. The standard InChI is InChI=1S/C18H30N2O/c1-4-20(16-7-5-6-8-16)18(13-19)15-9-11-17(12-10-15)21-14(2)3/h9-12,14,16,18H,4-8,13,19H2,1-3H3. The summed E-state index contributed by atoms with van der Waals surface area (Å²) in [4.78, 5) is 2.59. The Hall–Kier alpha value is -1.06. The lowest BCUT2D eigenvalue weighted by atomic mass is 10.0. The van der Waals surface area contributed by atoms with E-state index in [1.807, 2.05) is 0 Å². The third-order valence-electron chi connectivity index (χ3n) is 4.42. The molecule has 0 saturated heterocycles. The molecule has 1 aromatic rings. The SMILES string of the molecule is CCN(C1CCCC1)C(CN)c1ccc(OC(C)C)cc1. The van der Waals surface area contributed by atoms with Crippen LogP contribution in [0.1, 0.15) is 58.1 Å². The smallest absolute Gasteiger partial charge is 0.119 e. The Morgan fingerprint density at radius 1 is 1.19 bits per heavy atom. The molecular formula is C18H30N2O. The van der Waals surface area contributed by atoms with Crippen LogP contribution >= 0.6 is 0 Å². The molecule has 3 heteroatoms. The molecule has 0 heterocycles. The lowest BCUT2D eigenvalue weighted by Crippen LogP contribution is -2.40. The first-order chi connectivity index (χ1) is 10.2. The summed E-state index contributed by atoms with van der Waals surface area (Å²) in [5.41, 5.74) is 7.40. The number of nitrogens with zero attached hydrogens (tertiary/aromatic N) is 1. The normalized spacial score (nSPS) is 17.6. The molecule has 0 radical (unpaired) electrons. The topological polar surface area (TPSA) is 38.5 Å². The van der Waals surface area contributed by atoms with E-state index in [9.17, 15) is 0 Å². The molecule has 1 fully saturated rings. The monoisotopic (exact) mass is 290 g/mol. The summed E-state index contributed by atoms with van der Waals surface area (Å²) in [6.45, 7) is 8.09. The number of hydrogen-bond acceptors (Lipinski definition) is 3. The number of benzene rings is 1. The van der Waals surface area contributed by atoms with E-state index in [0.717, 1.165) is 12.3 Å². The van der Waals surface area contributed by atoms with Crippen LogP contribution in [0.4, 0.5) is 0 Å². The Bertz CT molecular complexity index is 410. The van der Waals surface area contributed by atoms with Gasteiger partial charge in [0.15, 0.2) is 0 Å². The van der Waals surface area contributed by atoms with Crippen molar-refractivity contribution < 1.29 is 4.74 Å². The van der Waals surface area contributed by atoms with Gasteiger partial charge in [-0.3, -0.25) is 4.90 Å². The van der Waals surface area contributed by atoms with Crippen molar-refractivity contribution in [3.05, 3.63) is 29.8 Å². The van der Waals surface area contributed by atoms with Crippen LogP contribution in [0, 0.1) is 0 Å². The molecule has 3 nitrogen and oxygen atoms in total. The molecule has 0 aromatic heterocycles. The minimum absolute atomic E-state index is 0.215. The highest BCUT2D eigenvalue weighted by molar-refractivity contribution is 5.29. The minimum Gasteiger partial charge on any atom is -0.491 e. The molecule has 0 aliphatic heterocycles. The maximum absolute atomic E-state index is 6.09. The summed E-state index contributed by atoms with van der Waals surface area (Å²) in [6.07, 6.45) is 5.57. The molecule has 1 saturated carbocycles. The summed E-state index contributed by atoms with van der Waals surface area (Å²) in [5.74, 6) is 0.938. The number of rotatable bonds is 7. The van der Waals surface area contributed by atoms with Gasteiger partial charge in [0.25, 0.3) is 0 Å². The van der Waals surface area contributed by atoms with Crippen molar-refractivity contribution in [2.45, 2.75) is 64.6 Å². The van der Waals surface area contributed by atoms with E-state index < -0.39 is 0 Å². The van der Waals surface area contributed by atoms with Crippen molar-refractivity contribution in [1.29, 1.82) is 0 Å².